The van der Waals surface area contributed by atoms with Crippen molar-refractivity contribution in [3.05, 3.63) is 28.8 Å². The van der Waals surface area contributed by atoms with Gasteiger partial charge >= 0.3 is 6.18 Å². The van der Waals surface area contributed by atoms with Crippen molar-refractivity contribution in [2.75, 3.05) is 6.61 Å². The standard InChI is InChI=1S/C11H12ClF3O/c1-7(2)9-5-8(12)3-4-10(9)16-6-11(13,14)15/h3-5,7H,6H2,1-2H3. The van der Waals surface area contributed by atoms with Crippen LogP contribution in [0, 0.1) is 0 Å². The lowest BCUT2D eigenvalue weighted by atomic mass is 10.0. The number of hydrogen-bond donors (Lipinski definition) is 0. The first kappa shape index (κ1) is 13.2. The minimum atomic E-state index is -4.33. The molecule has 0 saturated heterocycles. The second kappa shape index (κ2) is 4.95. The van der Waals surface area contributed by atoms with E-state index >= 15 is 0 Å². The number of hydrogen-bond acceptors (Lipinski definition) is 1. The third kappa shape index (κ3) is 3.93. The summed E-state index contributed by atoms with van der Waals surface area (Å²) in [6.07, 6.45) is -4.33. The first-order valence-electron chi connectivity index (χ1n) is 4.78. The molecular weight excluding hydrogens is 241 g/mol. The van der Waals surface area contributed by atoms with Crippen molar-refractivity contribution in [2.45, 2.75) is 25.9 Å². The maximum atomic E-state index is 12.0. The third-order valence-corrected chi connectivity index (χ3v) is 2.22. The highest BCUT2D eigenvalue weighted by Crippen LogP contribution is 2.30. The molecular formula is C11H12ClF3O. The quantitative estimate of drug-likeness (QED) is 0.775. The molecule has 0 bridgehead atoms. The van der Waals surface area contributed by atoms with Gasteiger partial charge in [0.1, 0.15) is 5.75 Å². The Morgan fingerprint density at radius 3 is 2.44 bits per heavy atom. The first-order chi connectivity index (χ1) is 7.29. The summed E-state index contributed by atoms with van der Waals surface area (Å²) in [7, 11) is 0. The van der Waals surface area contributed by atoms with Crippen LogP contribution in [0.15, 0.2) is 18.2 Å². The van der Waals surface area contributed by atoms with Gasteiger partial charge in [0, 0.05) is 5.02 Å². The maximum absolute atomic E-state index is 12.0. The number of halogens is 4. The molecule has 0 spiro atoms. The molecule has 0 atom stereocenters. The Hall–Kier alpha value is -0.900. The molecule has 0 aromatic heterocycles. The van der Waals surface area contributed by atoms with Crippen molar-refractivity contribution in [3.63, 3.8) is 0 Å². The summed E-state index contributed by atoms with van der Waals surface area (Å²) in [5, 5.41) is 0.489. The van der Waals surface area contributed by atoms with E-state index in [2.05, 4.69) is 0 Å². The Morgan fingerprint density at radius 2 is 1.94 bits per heavy atom. The molecule has 0 aliphatic carbocycles. The largest absolute Gasteiger partial charge is 0.484 e. The lowest BCUT2D eigenvalue weighted by molar-refractivity contribution is -0.153. The second-order valence-electron chi connectivity index (χ2n) is 3.74. The van der Waals surface area contributed by atoms with Crippen LogP contribution in [0.5, 0.6) is 5.75 Å². The molecule has 0 heterocycles. The average molecular weight is 253 g/mol. The third-order valence-electron chi connectivity index (χ3n) is 1.99. The summed E-state index contributed by atoms with van der Waals surface area (Å²) in [5.74, 6) is 0.290. The lowest BCUT2D eigenvalue weighted by Gasteiger charge is -2.15. The van der Waals surface area contributed by atoms with Gasteiger partial charge in [0.25, 0.3) is 0 Å². The Balaban J connectivity index is 2.87. The Morgan fingerprint density at radius 1 is 1.31 bits per heavy atom. The zero-order valence-corrected chi connectivity index (χ0v) is 9.69. The van der Waals surface area contributed by atoms with Gasteiger partial charge in [-0.1, -0.05) is 25.4 Å². The number of benzene rings is 1. The average Bonchev–Trinajstić information content (AvgIpc) is 2.14. The van der Waals surface area contributed by atoms with E-state index in [-0.39, 0.29) is 11.7 Å². The van der Waals surface area contributed by atoms with E-state index in [1.165, 1.54) is 12.1 Å². The van der Waals surface area contributed by atoms with Crippen LogP contribution in [0.4, 0.5) is 13.2 Å². The van der Waals surface area contributed by atoms with Gasteiger partial charge in [-0.05, 0) is 29.7 Å². The predicted molar refractivity (Wildman–Crippen MR) is 57.1 cm³/mol. The number of ether oxygens (including phenoxy) is 1. The molecule has 90 valence electrons. The fourth-order valence-electron chi connectivity index (χ4n) is 1.26. The smallest absolute Gasteiger partial charge is 0.422 e. The number of alkyl halides is 3. The van der Waals surface area contributed by atoms with Crippen LogP contribution in [0.3, 0.4) is 0 Å². The molecule has 0 unspecified atom stereocenters. The van der Waals surface area contributed by atoms with Gasteiger partial charge in [-0.2, -0.15) is 13.2 Å². The van der Waals surface area contributed by atoms with Gasteiger partial charge in [-0.15, -0.1) is 0 Å². The Labute approximate surface area is 97.2 Å². The zero-order valence-electron chi connectivity index (χ0n) is 8.94. The normalized spacial score (nSPS) is 11.9. The lowest BCUT2D eigenvalue weighted by Crippen LogP contribution is -2.19. The van der Waals surface area contributed by atoms with Crippen LogP contribution in [-0.2, 0) is 0 Å². The molecule has 1 aromatic carbocycles. The van der Waals surface area contributed by atoms with Crippen molar-refractivity contribution >= 4 is 11.6 Å². The van der Waals surface area contributed by atoms with Crippen LogP contribution in [0.1, 0.15) is 25.3 Å². The molecule has 0 N–H and O–H groups in total. The van der Waals surface area contributed by atoms with Crippen LogP contribution in [-0.4, -0.2) is 12.8 Å². The first-order valence-corrected chi connectivity index (χ1v) is 5.16. The zero-order chi connectivity index (χ0) is 12.3. The molecule has 5 heteroatoms. The van der Waals surface area contributed by atoms with E-state index < -0.39 is 12.8 Å². The van der Waals surface area contributed by atoms with E-state index in [9.17, 15) is 13.2 Å². The van der Waals surface area contributed by atoms with Gasteiger partial charge in [0.15, 0.2) is 6.61 Å². The molecule has 0 saturated carbocycles. The molecule has 0 radical (unpaired) electrons. The Bertz CT molecular complexity index is 361. The summed E-state index contributed by atoms with van der Waals surface area (Å²) >= 11 is 5.77. The summed E-state index contributed by atoms with van der Waals surface area (Å²) in [4.78, 5) is 0. The van der Waals surface area contributed by atoms with E-state index in [1.54, 1.807) is 6.07 Å². The molecule has 1 aromatic rings. The van der Waals surface area contributed by atoms with Crippen molar-refractivity contribution in [2.24, 2.45) is 0 Å². The molecule has 0 fully saturated rings. The van der Waals surface area contributed by atoms with Gasteiger partial charge < -0.3 is 4.74 Å². The van der Waals surface area contributed by atoms with Crippen LogP contribution in [0.25, 0.3) is 0 Å². The van der Waals surface area contributed by atoms with E-state index in [0.29, 0.717) is 10.6 Å². The Kier molecular flexibility index (Phi) is 4.08. The van der Waals surface area contributed by atoms with Crippen LogP contribution in [0.2, 0.25) is 5.02 Å². The highest BCUT2D eigenvalue weighted by atomic mass is 35.5. The van der Waals surface area contributed by atoms with Gasteiger partial charge in [-0.3, -0.25) is 0 Å². The van der Waals surface area contributed by atoms with Gasteiger partial charge in [0.05, 0.1) is 0 Å². The minimum absolute atomic E-state index is 0.0573. The predicted octanol–water partition coefficient (Wildman–Crippen LogP) is 4.40. The summed E-state index contributed by atoms with van der Waals surface area (Å²) in [6, 6.07) is 4.60. The summed E-state index contributed by atoms with van der Waals surface area (Å²) < 4.78 is 40.7. The molecule has 0 aliphatic rings. The van der Waals surface area contributed by atoms with E-state index in [0.717, 1.165) is 0 Å². The number of rotatable bonds is 3. The van der Waals surface area contributed by atoms with Crippen LogP contribution < -0.4 is 4.74 Å². The fourth-order valence-corrected chi connectivity index (χ4v) is 1.44. The monoisotopic (exact) mass is 252 g/mol. The van der Waals surface area contributed by atoms with Crippen LogP contribution >= 0.6 is 11.6 Å². The molecule has 1 nitrogen and oxygen atoms in total. The van der Waals surface area contributed by atoms with Gasteiger partial charge in [-0.25, -0.2) is 0 Å². The molecule has 0 aliphatic heterocycles. The molecule has 1 rings (SSSR count). The van der Waals surface area contributed by atoms with Crippen molar-refractivity contribution in [1.29, 1.82) is 0 Å². The maximum Gasteiger partial charge on any atom is 0.422 e. The van der Waals surface area contributed by atoms with E-state index in [1.807, 2.05) is 13.8 Å². The molecule has 16 heavy (non-hydrogen) atoms. The SMILES string of the molecule is CC(C)c1cc(Cl)ccc1OCC(F)(F)F. The molecule has 0 amide bonds. The fraction of sp³-hybridized carbons (Fsp3) is 0.455. The minimum Gasteiger partial charge on any atom is -0.484 e. The summed E-state index contributed by atoms with van der Waals surface area (Å²) in [6.45, 7) is 2.45. The van der Waals surface area contributed by atoms with E-state index in [4.69, 9.17) is 16.3 Å². The topological polar surface area (TPSA) is 9.23 Å². The summed E-state index contributed by atoms with van der Waals surface area (Å²) in [5.41, 5.74) is 0.678. The van der Waals surface area contributed by atoms with Crippen molar-refractivity contribution < 1.29 is 17.9 Å². The van der Waals surface area contributed by atoms with Gasteiger partial charge in [0.2, 0.25) is 0 Å². The second-order valence-corrected chi connectivity index (χ2v) is 4.18. The highest BCUT2D eigenvalue weighted by molar-refractivity contribution is 6.30. The van der Waals surface area contributed by atoms with Crippen molar-refractivity contribution in [1.82, 2.24) is 0 Å². The highest BCUT2D eigenvalue weighted by Gasteiger charge is 2.28. The van der Waals surface area contributed by atoms with Crippen molar-refractivity contribution in [3.8, 4) is 5.75 Å².